The lowest BCUT2D eigenvalue weighted by atomic mass is 10.0. The summed E-state index contributed by atoms with van der Waals surface area (Å²) in [7, 11) is 0. The second-order valence-corrected chi connectivity index (χ2v) is 15.1. The molecule has 0 fully saturated rings. The van der Waals surface area contributed by atoms with Gasteiger partial charge in [-0.05, 0) is 95.7 Å². The average Bonchev–Trinajstić information content (AvgIpc) is 3.83. The third kappa shape index (κ3) is 4.13. The van der Waals surface area contributed by atoms with Crippen LogP contribution in [0.15, 0.2) is 170 Å². The van der Waals surface area contributed by atoms with Crippen LogP contribution < -0.4 is 4.90 Å². The van der Waals surface area contributed by atoms with Crippen molar-refractivity contribution in [1.82, 2.24) is 4.57 Å². The number of hydrogen-bond donors (Lipinski definition) is 0. The Balaban J connectivity index is 1.22. The summed E-state index contributed by atoms with van der Waals surface area (Å²) in [6.07, 6.45) is 0. The molecule has 0 aliphatic heterocycles. The molecule has 4 heteroatoms. The fraction of sp³-hybridized carbons (Fsp3) is 0. The van der Waals surface area contributed by atoms with E-state index in [2.05, 4.69) is 179 Å². The van der Waals surface area contributed by atoms with E-state index in [-0.39, 0.29) is 0 Å². The predicted octanol–water partition coefficient (Wildman–Crippen LogP) is 14.1. The smallest absolute Gasteiger partial charge is 0.0554 e. The zero-order valence-corrected chi connectivity index (χ0v) is 28.5. The van der Waals surface area contributed by atoms with E-state index in [1.54, 1.807) is 0 Å². The van der Waals surface area contributed by atoms with Gasteiger partial charge in [-0.2, -0.15) is 0 Å². The van der Waals surface area contributed by atoms with Gasteiger partial charge in [-0.3, -0.25) is 0 Å². The van der Waals surface area contributed by atoms with Crippen LogP contribution in [-0.4, -0.2) is 4.57 Å². The largest absolute Gasteiger partial charge is 0.310 e. The number of aromatic nitrogens is 1. The van der Waals surface area contributed by atoms with Crippen LogP contribution in [0.4, 0.5) is 17.1 Å². The van der Waals surface area contributed by atoms with Gasteiger partial charge in [0.1, 0.15) is 0 Å². The summed E-state index contributed by atoms with van der Waals surface area (Å²) in [5.74, 6) is 0. The molecule has 2 nitrogen and oxygen atoms in total. The number of thiophene rings is 2. The fourth-order valence-corrected chi connectivity index (χ4v) is 10.2. The van der Waals surface area contributed by atoms with Crippen LogP contribution in [0.1, 0.15) is 0 Å². The van der Waals surface area contributed by atoms with Crippen molar-refractivity contribution in [2.45, 2.75) is 0 Å². The number of nitrogens with zero attached hydrogens (tertiary/aromatic N) is 2. The van der Waals surface area contributed by atoms with Crippen LogP contribution in [0.25, 0.3) is 78.6 Å². The van der Waals surface area contributed by atoms with Crippen LogP contribution in [-0.2, 0) is 0 Å². The minimum atomic E-state index is 1.14. The van der Waals surface area contributed by atoms with E-state index >= 15 is 0 Å². The second-order valence-electron chi connectivity index (χ2n) is 13.0. The molecule has 3 heterocycles. The Morgan fingerprint density at radius 3 is 1.90 bits per heavy atom. The summed E-state index contributed by atoms with van der Waals surface area (Å²) in [5, 5.41) is 10.2. The van der Waals surface area contributed by atoms with Crippen LogP contribution in [0.3, 0.4) is 0 Å². The molecule has 11 aromatic rings. The van der Waals surface area contributed by atoms with Gasteiger partial charge in [0.05, 0.1) is 16.7 Å². The van der Waals surface area contributed by atoms with E-state index in [1.807, 2.05) is 22.7 Å². The lowest BCUT2D eigenvalue weighted by Gasteiger charge is -2.27. The normalized spacial score (nSPS) is 12.0. The predicted molar refractivity (Wildman–Crippen MR) is 219 cm³/mol. The van der Waals surface area contributed by atoms with Crippen molar-refractivity contribution >= 4 is 113 Å². The minimum Gasteiger partial charge on any atom is -0.310 e. The van der Waals surface area contributed by atoms with Crippen molar-refractivity contribution < 1.29 is 0 Å². The Hall–Kier alpha value is -5.94. The zero-order chi connectivity index (χ0) is 32.8. The summed E-state index contributed by atoms with van der Waals surface area (Å²) >= 11 is 3.75. The summed E-state index contributed by atoms with van der Waals surface area (Å²) < 4.78 is 7.62. The number of benzene rings is 8. The van der Waals surface area contributed by atoms with Gasteiger partial charge in [-0.15, -0.1) is 22.7 Å². The van der Waals surface area contributed by atoms with Crippen molar-refractivity contribution in [2.75, 3.05) is 4.90 Å². The molecule has 11 rings (SSSR count). The topological polar surface area (TPSA) is 8.17 Å². The van der Waals surface area contributed by atoms with Gasteiger partial charge in [0.15, 0.2) is 0 Å². The molecule has 0 spiro atoms. The molecule has 8 aromatic carbocycles. The van der Waals surface area contributed by atoms with Gasteiger partial charge in [0.2, 0.25) is 0 Å². The van der Waals surface area contributed by atoms with Crippen molar-refractivity contribution in [3.63, 3.8) is 0 Å². The molecule has 0 saturated carbocycles. The van der Waals surface area contributed by atoms with Crippen LogP contribution in [0.5, 0.6) is 0 Å². The van der Waals surface area contributed by atoms with E-state index < -0.39 is 0 Å². The summed E-state index contributed by atoms with van der Waals surface area (Å²) in [4.78, 5) is 2.49. The van der Waals surface area contributed by atoms with Crippen molar-refractivity contribution in [2.24, 2.45) is 0 Å². The SMILES string of the molecule is c1ccc(-n2c3ccccc3c3cc(N(c4ccc5sc6ccccc6c5c4)c4cccc5sc6cc7ccccc7cc6c45)ccc32)cc1. The number of para-hydroxylation sites is 2. The van der Waals surface area contributed by atoms with Crippen molar-refractivity contribution in [3.8, 4) is 5.69 Å². The number of rotatable bonds is 4. The number of hydrogen-bond acceptors (Lipinski definition) is 3. The molecule has 0 bridgehead atoms. The van der Waals surface area contributed by atoms with Crippen molar-refractivity contribution in [3.05, 3.63) is 170 Å². The van der Waals surface area contributed by atoms with Crippen LogP contribution in [0, 0.1) is 0 Å². The molecule has 234 valence electrons. The van der Waals surface area contributed by atoms with E-state index in [0.29, 0.717) is 0 Å². The molecule has 0 amide bonds. The summed E-state index contributed by atoms with van der Waals surface area (Å²) in [6, 6.07) is 62.5. The highest BCUT2D eigenvalue weighted by Gasteiger charge is 2.22. The molecule has 0 radical (unpaired) electrons. The summed E-state index contributed by atoms with van der Waals surface area (Å²) in [5.41, 5.74) is 7.06. The van der Waals surface area contributed by atoms with Crippen LogP contribution >= 0.6 is 22.7 Å². The highest BCUT2D eigenvalue weighted by Crippen LogP contribution is 2.48. The quantitative estimate of drug-likeness (QED) is 0.181. The van der Waals surface area contributed by atoms with E-state index in [9.17, 15) is 0 Å². The Morgan fingerprint density at radius 1 is 0.380 bits per heavy atom. The van der Waals surface area contributed by atoms with E-state index in [1.165, 1.54) is 84.3 Å². The van der Waals surface area contributed by atoms with Gasteiger partial charge in [0, 0.05) is 68.2 Å². The number of anilines is 3. The molecule has 0 atom stereocenters. The highest BCUT2D eigenvalue weighted by molar-refractivity contribution is 7.26. The molecule has 0 unspecified atom stereocenters. The minimum absolute atomic E-state index is 1.14. The van der Waals surface area contributed by atoms with E-state index in [4.69, 9.17) is 0 Å². The van der Waals surface area contributed by atoms with Gasteiger partial charge in [-0.25, -0.2) is 0 Å². The highest BCUT2D eigenvalue weighted by atomic mass is 32.1. The third-order valence-corrected chi connectivity index (χ3v) is 12.4. The molecule has 0 aliphatic carbocycles. The molecule has 0 saturated heterocycles. The first-order valence-corrected chi connectivity index (χ1v) is 18.6. The maximum atomic E-state index is 2.49. The molecular weight excluding hydrogens is 645 g/mol. The maximum Gasteiger partial charge on any atom is 0.0554 e. The Kier molecular flexibility index (Phi) is 6.03. The molecule has 0 aliphatic rings. The lowest BCUT2D eigenvalue weighted by molar-refractivity contribution is 1.18. The van der Waals surface area contributed by atoms with Crippen LogP contribution in [0.2, 0.25) is 0 Å². The Morgan fingerprint density at radius 2 is 1.02 bits per heavy atom. The van der Waals surface area contributed by atoms with Gasteiger partial charge >= 0.3 is 0 Å². The van der Waals surface area contributed by atoms with Crippen molar-refractivity contribution in [1.29, 1.82) is 0 Å². The second kappa shape index (κ2) is 10.8. The Labute approximate surface area is 296 Å². The number of fused-ring (bicyclic) bond motifs is 10. The molecule has 50 heavy (non-hydrogen) atoms. The van der Waals surface area contributed by atoms with E-state index in [0.717, 1.165) is 11.4 Å². The first kappa shape index (κ1) is 28.0. The average molecular weight is 673 g/mol. The van der Waals surface area contributed by atoms with Gasteiger partial charge < -0.3 is 9.47 Å². The molecular formula is C46H28N2S2. The monoisotopic (exact) mass is 672 g/mol. The molecule has 3 aromatic heterocycles. The lowest BCUT2D eigenvalue weighted by Crippen LogP contribution is -2.10. The van der Waals surface area contributed by atoms with Gasteiger partial charge in [0.25, 0.3) is 0 Å². The fourth-order valence-electron chi connectivity index (χ4n) is 7.91. The third-order valence-electron chi connectivity index (χ3n) is 10.1. The first-order valence-electron chi connectivity index (χ1n) is 16.9. The molecule has 0 N–H and O–H groups in total. The standard InChI is InChI=1S/C46H28N2S2/c1-2-13-31(14-3-1)48-39-17-8-6-15-34(39)36-27-32(21-23-40(36)48)47(33-22-24-43-37(28-33)35-16-7-9-19-42(35)49-43)41-18-10-20-44-46(41)38-25-29-11-4-5-12-30(29)26-45(38)50-44/h1-28H. The maximum absolute atomic E-state index is 2.49. The Bertz CT molecular complexity index is 3110. The zero-order valence-electron chi connectivity index (χ0n) is 26.9. The summed E-state index contributed by atoms with van der Waals surface area (Å²) in [6.45, 7) is 0. The van der Waals surface area contributed by atoms with Gasteiger partial charge in [-0.1, -0.05) is 84.9 Å². The first-order chi connectivity index (χ1) is 24.8.